The molecule has 2 nitrogen and oxygen atoms in total. The monoisotopic (exact) mass is 235 g/mol. The van der Waals surface area contributed by atoms with Crippen LogP contribution >= 0.6 is 0 Å². The zero-order chi connectivity index (χ0) is 12.7. The Morgan fingerprint density at radius 1 is 1.18 bits per heavy atom. The Morgan fingerprint density at radius 2 is 1.94 bits per heavy atom. The van der Waals surface area contributed by atoms with Gasteiger partial charge in [-0.2, -0.15) is 0 Å². The van der Waals surface area contributed by atoms with E-state index in [-0.39, 0.29) is 6.10 Å². The predicted octanol–water partition coefficient (Wildman–Crippen LogP) is 3.61. The van der Waals surface area contributed by atoms with Crippen molar-refractivity contribution in [3.63, 3.8) is 0 Å². The van der Waals surface area contributed by atoms with Crippen LogP contribution in [0.3, 0.4) is 0 Å². The summed E-state index contributed by atoms with van der Waals surface area (Å²) in [6.07, 6.45) is 1.46. The molecular formula is C15H25NO. The van der Waals surface area contributed by atoms with E-state index in [1.807, 2.05) is 19.9 Å². The van der Waals surface area contributed by atoms with E-state index >= 15 is 0 Å². The molecule has 0 heterocycles. The summed E-state index contributed by atoms with van der Waals surface area (Å²) in [5, 5.41) is 3.46. The van der Waals surface area contributed by atoms with Gasteiger partial charge in [-0.15, -0.1) is 0 Å². The highest BCUT2D eigenvalue weighted by Crippen LogP contribution is 2.14. The van der Waals surface area contributed by atoms with E-state index in [1.54, 1.807) is 0 Å². The SMILES string of the molecule is CC(C)CCNCc1cccc(OC(C)C)c1. The van der Waals surface area contributed by atoms with E-state index in [2.05, 4.69) is 37.4 Å². The van der Waals surface area contributed by atoms with Gasteiger partial charge < -0.3 is 10.1 Å². The molecule has 0 spiro atoms. The Kier molecular flexibility index (Phi) is 6.06. The fourth-order valence-corrected chi connectivity index (χ4v) is 1.62. The highest BCUT2D eigenvalue weighted by Gasteiger charge is 1.99. The molecule has 0 aliphatic rings. The smallest absolute Gasteiger partial charge is 0.120 e. The molecule has 1 N–H and O–H groups in total. The second-order valence-corrected chi connectivity index (χ2v) is 5.17. The van der Waals surface area contributed by atoms with Gasteiger partial charge in [0, 0.05) is 6.54 Å². The van der Waals surface area contributed by atoms with Gasteiger partial charge in [-0.3, -0.25) is 0 Å². The quantitative estimate of drug-likeness (QED) is 0.729. The predicted molar refractivity (Wildman–Crippen MR) is 73.4 cm³/mol. The molecule has 0 saturated carbocycles. The van der Waals surface area contributed by atoms with Crippen LogP contribution in [0.1, 0.15) is 39.7 Å². The fraction of sp³-hybridized carbons (Fsp3) is 0.600. The Bertz CT molecular complexity index is 320. The molecule has 0 aromatic heterocycles. The lowest BCUT2D eigenvalue weighted by Crippen LogP contribution is -2.16. The van der Waals surface area contributed by atoms with Crippen molar-refractivity contribution in [2.75, 3.05) is 6.54 Å². The summed E-state index contributed by atoms with van der Waals surface area (Å²) in [7, 11) is 0. The number of hydrogen-bond acceptors (Lipinski definition) is 2. The lowest BCUT2D eigenvalue weighted by atomic mass is 10.1. The maximum atomic E-state index is 5.67. The molecule has 1 aromatic rings. The van der Waals surface area contributed by atoms with Crippen LogP contribution in [0.25, 0.3) is 0 Å². The number of rotatable bonds is 7. The molecule has 0 fully saturated rings. The minimum absolute atomic E-state index is 0.235. The van der Waals surface area contributed by atoms with Crippen molar-refractivity contribution in [2.24, 2.45) is 5.92 Å². The van der Waals surface area contributed by atoms with Gasteiger partial charge in [0.2, 0.25) is 0 Å². The highest BCUT2D eigenvalue weighted by atomic mass is 16.5. The Morgan fingerprint density at radius 3 is 2.59 bits per heavy atom. The molecule has 0 radical (unpaired) electrons. The third-order valence-electron chi connectivity index (χ3n) is 2.50. The van der Waals surface area contributed by atoms with Gasteiger partial charge in [-0.1, -0.05) is 26.0 Å². The first kappa shape index (κ1) is 14.0. The van der Waals surface area contributed by atoms with E-state index in [1.165, 1.54) is 12.0 Å². The molecule has 96 valence electrons. The average Bonchev–Trinajstić information content (AvgIpc) is 2.24. The van der Waals surface area contributed by atoms with Gasteiger partial charge in [0.05, 0.1) is 6.10 Å². The van der Waals surface area contributed by atoms with Crippen LogP contribution in [0.4, 0.5) is 0 Å². The molecule has 1 aromatic carbocycles. The molecule has 0 aliphatic carbocycles. The van der Waals surface area contributed by atoms with Crippen molar-refractivity contribution in [2.45, 2.75) is 46.8 Å². The summed E-state index contributed by atoms with van der Waals surface area (Å²) >= 11 is 0. The molecule has 0 bridgehead atoms. The van der Waals surface area contributed by atoms with Crippen LogP contribution in [0.2, 0.25) is 0 Å². The number of hydrogen-bond donors (Lipinski definition) is 1. The first-order valence-electron chi connectivity index (χ1n) is 6.54. The molecule has 1 rings (SSSR count). The maximum absolute atomic E-state index is 5.67. The van der Waals surface area contributed by atoms with Crippen LogP contribution in [0.15, 0.2) is 24.3 Å². The standard InChI is InChI=1S/C15H25NO/c1-12(2)8-9-16-11-14-6-5-7-15(10-14)17-13(3)4/h5-7,10,12-13,16H,8-9,11H2,1-4H3. The van der Waals surface area contributed by atoms with E-state index in [0.717, 1.165) is 24.8 Å². The average molecular weight is 235 g/mol. The minimum atomic E-state index is 0.235. The van der Waals surface area contributed by atoms with Gasteiger partial charge in [-0.05, 0) is 50.4 Å². The summed E-state index contributed by atoms with van der Waals surface area (Å²) in [6.45, 7) is 10.6. The minimum Gasteiger partial charge on any atom is -0.491 e. The van der Waals surface area contributed by atoms with Crippen LogP contribution in [0, 0.1) is 5.92 Å². The van der Waals surface area contributed by atoms with E-state index in [4.69, 9.17) is 4.74 Å². The molecule has 2 heteroatoms. The highest BCUT2D eigenvalue weighted by molar-refractivity contribution is 5.28. The summed E-state index contributed by atoms with van der Waals surface area (Å²) in [5.74, 6) is 1.72. The molecule has 0 atom stereocenters. The molecular weight excluding hydrogens is 210 g/mol. The molecule has 0 unspecified atom stereocenters. The first-order chi connectivity index (χ1) is 8.08. The Hall–Kier alpha value is -1.02. The summed E-state index contributed by atoms with van der Waals surface area (Å²) in [5.41, 5.74) is 1.28. The van der Waals surface area contributed by atoms with Crippen LogP contribution in [0.5, 0.6) is 5.75 Å². The van der Waals surface area contributed by atoms with Gasteiger partial charge in [0.1, 0.15) is 5.75 Å². The normalized spacial score (nSPS) is 11.2. The van der Waals surface area contributed by atoms with Gasteiger partial charge in [0.25, 0.3) is 0 Å². The van der Waals surface area contributed by atoms with Crippen molar-refractivity contribution in [1.82, 2.24) is 5.32 Å². The summed E-state index contributed by atoms with van der Waals surface area (Å²) < 4.78 is 5.67. The zero-order valence-electron chi connectivity index (χ0n) is 11.5. The van der Waals surface area contributed by atoms with Crippen LogP contribution in [-0.4, -0.2) is 12.6 Å². The van der Waals surface area contributed by atoms with Gasteiger partial charge in [0.15, 0.2) is 0 Å². The number of benzene rings is 1. The van der Waals surface area contributed by atoms with Crippen molar-refractivity contribution in [3.05, 3.63) is 29.8 Å². The maximum Gasteiger partial charge on any atom is 0.120 e. The third kappa shape index (κ3) is 6.32. The van der Waals surface area contributed by atoms with Crippen molar-refractivity contribution in [3.8, 4) is 5.75 Å². The second-order valence-electron chi connectivity index (χ2n) is 5.17. The first-order valence-corrected chi connectivity index (χ1v) is 6.54. The lowest BCUT2D eigenvalue weighted by Gasteiger charge is -2.11. The topological polar surface area (TPSA) is 21.3 Å². The number of nitrogens with one attached hydrogen (secondary N) is 1. The third-order valence-corrected chi connectivity index (χ3v) is 2.50. The van der Waals surface area contributed by atoms with Crippen LogP contribution < -0.4 is 10.1 Å². The molecule has 0 amide bonds. The summed E-state index contributed by atoms with van der Waals surface area (Å²) in [6, 6.07) is 8.31. The van der Waals surface area contributed by atoms with Gasteiger partial charge in [-0.25, -0.2) is 0 Å². The molecule has 17 heavy (non-hydrogen) atoms. The largest absolute Gasteiger partial charge is 0.491 e. The van der Waals surface area contributed by atoms with Crippen LogP contribution in [-0.2, 0) is 6.54 Å². The fourth-order valence-electron chi connectivity index (χ4n) is 1.62. The Labute approximate surface area is 105 Å². The summed E-state index contributed by atoms with van der Waals surface area (Å²) in [4.78, 5) is 0. The molecule has 0 saturated heterocycles. The number of ether oxygens (including phenoxy) is 1. The Balaban J connectivity index is 2.37. The van der Waals surface area contributed by atoms with Gasteiger partial charge >= 0.3 is 0 Å². The van der Waals surface area contributed by atoms with E-state index in [9.17, 15) is 0 Å². The van der Waals surface area contributed by atoms with Crippen molar-refractivity contribution >= 4 is 0 Å². The molecule has 0 aliphatic heterocycles. The second kappa shape index (κ2) is 7.33. The van der Waals surface area contributed by atoms with E-state index in [0.29, 0.717) is 0 Å². The zero-order valence-corrected chi connectivity index (χ0v) is 11.5. The van der Waals surface area contributed by atoms with Crippen molar-refractivity contribution < 1.29 is 4.74 Å². The lowest BCUT2D eigenvalue weighted by molar-refractivity contribution is 0.242. The van der Waals surface area contributed by atoms with Crippen molar-refractivity contribution in [1.29, 1.82) is 0 Å². The van der Waals surface area contributed by atoms with E-state index < -0.39 is 0 Å².